The van der Waals surface area contributed by atoms with Gasteiger partial charge in [-0.05, 0) is 61.4 Å². The molecule has 0 aliphatic carbocycles. The first kappa shape index (κ1) is 21.6. The highest BCUT2D eigenvalue weighted by Gasteiger charge is 2.15. The Labute approximate surface area is 176 Å². The summed E-state index contributed by atoms with van der Waals surface area (Å²) in [4.78, 5) is 24.4. The van der Waals surface area contributed by atoms with Crippen LogP contribution in [-0.2, 0) is 0 Å². The molecule has 7 nitrogen and oxygen atoms in total. The Morgan fingerprint density at radius 2 is 1.03 bits per heavy atom. The van der Waals surface area contributed by atoms with Crippen LogP contribution in [-0.4, -0.2) is 23.2 Å². The van der Waals surface area contributed by atoms with Crippen molar-refractivity contribution in [1.82, 2.24) is 10.9 Å². The van der Waals surface area contributed by atoms with E-state index in [0.717, 1.165) is 0 Å². The quantitative estimate of drug-likeness (QED) is 0.465. The highest BCUT2D eigenvalue weighted by Crippen LogP contribution is 2.09. The van der Waals surface area contributed by atoms with E-state index in [2.05, 4.69) is 21.1 Å². The number of hydrazone groups is 2. The Bertz CT molecular complexity index is 1060. The van der Waals surface area contributed by atoms with Gasteiger partial charge in [0.2, 0.25) is 0 Å². The molecule has 2 aromatic carbocycles. The highest BCUT2D eigenvalue weighted by molar-refractivity contribution is 6.01. The van der Waals surface area contributed by atoms with E-state index >= 15 is 0 Å². The normalized spacial score (nSPS) is 11.9. The van der Waals surface area contributed by atoms with Gasteiger partial charge in [0, 0.05) is 0 Å². The molecule has 0 fully saturated rings. The number of carbonyl (C=O) groups is 2. The summed E-state index contributed by atoms with van der Waals surface area (Å²) in [6.45, 7) is 3.30. The molecule has 0 saturated carbocycles. The van der Waals surface area contributed by atoms with Crippen molar-refractivity contribution in [3.8, 4) is 0 Å². The van der Waals surface area contributed by atoms with Gasteiger partial charge >= 0.3 is 11.8 Å². The van der Waals surface area contributed by atoms with Crippen molar-refractivity contribution < 1.29 is 22.8 Å². The van der Waals surface area contributed by atoms with Crippen molar-refractivity contribution in [3.63, 3.8) is 0 Å². The zero-order chi connectivity index (χ0) is 22.4. The van der Waals surface area contributed by atoms with Crippen LogP contribution in [0.4, 0.5) is 8.78 Å². The molecule has 0 aliphatic heterocycles. The van der Waals surface area contributed by atoms with Gasteiger partial charge in [0.25, 0.3) is 0 Å². The third-order valence-corrected chi connectivity index (χ3v) is 4.23. The van der Waals surface area contributed by atoms with E-state index in [0.29, 0.717) is 22.6 Å². The Morgan fingerprint density at radius 1 is 0.677 bits per heavy atom. The van der Waals surface area contributed by atoms with E-state index in [1.807, 2.05) is 0 Å². The van der Waals surface area contributed by atoms with Gasteiger partial charge in [-0.25, -0.2) is 19.6 Å². The first-order valence-corrected chi connectivity index (χ1v) is 9.14. The van der Waals surface area contributed by atoms with Crippen LogP contribution in [0, 0.1) is 11.6 Å². The summed E-state index contributed by atoms with van der Waals surface area (Å²) >= 11 is 0. The number of benzene rings is 2. The number of amides is 2. The Hall–Kier alpha value is -4.14. The van der Waals surface area contributed by atoms with E-state index in [-0.39, 0.29) is 23.2 Å². The van der Waals surface area contributed by atoms with Crippen LogP contribution in [0.3, 0.4) is 0 Å². The zero-order valence-corrected chi connectivity index (χ0v) is 16.6. The number of rotatable bonds is 6. The Morgan fingerprint density at radius 3 is 1.39 bits per heavy atom. The fourth-order valence-corrected chi connectivity index (χ4v) is 2.47. The molecule has 0 saturated heterocycles. The monoisotopic (exact) mass is 424 g/mol. The van der Waals surface area contributed by atoms with Crippen molar-refractivity contribution in [2.24, 2.45) is 10.2 Å². The highest BCUT2D eigenvalue weighted by atomic mass is 19.1. The van der Waals surface area contributed by atoms with Crippen molar-refractivity contribution in [2.45, 2.75) is 13.8 Å². The molecular formula is C22H18F2N4O3. The summed E-state index contributed by atoms with van der Waals surface area (Å²) in [6, 6.07) is 13.9. The molecule has 158 valence electrons. The number of halogens is 2. The maximum atomic E-state index is 13.0. The van der Waals surface area contributed by atoms with E-state index in [1.165, 1.54) is 60.7 Å². The molecule has 0 bridgehead atoms. The first-order chi connectivity index (χ1) is 14.8. The minimum absolute atomic E-state index is 0.125. The lowest BCUT2D eigenvalue weighted by molar-refractivity contribution is 0.0902. The summed E-state index contributed by atoms with van der Waals surface area (Å²) in [7, 11) is 0. The van der Waals surface area contributed by atoms with Crippen molar-refractivity contribution in [1.29, 1.82) is 0 Å². The first-order valence-electron chi connectivity index (χ1n) is 9.14. The van der Waals surface area contributed by atoms with Crippen LogP contribution in [0.15, 0.2) is 75.3 Å². The molecule has 3 rings (SSSR count). The maximum absolute atomic E-state index is 13.0. The molecule has 9 heteroatoms. The van der Waals surface area contributed by atoms with Gasteiger partial charge in [0.05, 0.1) is 11.4 Å². The molecule has 31 heavy (non-hydrogen) atoms. The van der Waals surface area contributed by atoms with Gasteiger partial charge < -0.3 is 4.42 Å². The number of carbonyl (C=O) groups excluding carboxylic acids is 2. The zero-order valence-electron chi connectivity index (χ0n) is 16.6. The number of nitrogens with one attached hydrogen (secondary N) is 2. The fraction of sp³-hybridized carbons (Fsp3) is 0.0909. The van der Waals surface area contributed by atoms with E-state index in [1.54, 1.807) is 13.8 Å². The van der Waals surface area contributed by atoms with Crippen LogP contribution in [0.25, 0.3) is 0 Å². The average molecular weight is 424 g/mol. The van der Waals surface area contributed by atoms with Crippen molar-refractivity contribution in [3.05, 3.63) is 94.9 Å². The van der Waals surface area contributed by atoms with Crippen LogP contribution in [0.1, 0.15) is 46.1 Å². The predicted molar refractivity (Wildman–Crippen MR) is 111 cm³/mol. The molecular weight excluding hydrogens is 406 g/mol. The molecule has 1 aromatic heterocycles. The summed E-state index contributed by atoms with van der Waals surface area (Å²) in [6.07, 6.45) is 0. The second kappa shape index (κ2) is 9.57. The van der Waals surface area contributed by atoms with Gasteiger partial charge in [-0.15, -0.1) is 0 Å². The van der Waals surface area contributed by atoms with E-state index < -0.39 is 11.8 Å². The van der Waals surface area contributed by atoms with Crippen molar-refractivity contribution >= 4 is 23.2 Å². The molecule has 0 unspecified atom stereocenters. The minimum atomic E-state index is -0.661. The number of hydrogen-bond donors (Lipinski definition) is 2. The summed E-state index contributed by atoms with van der Waals surface area (Å²) in [5, 5.41) is 7.88. The molecule has 1 heterocycles. The third kappa shape index (κ3) is 5.69. The molecule has 0 radical (unpaired) electrons. The van der Waals surface area contributed by atoms with Crippen LogP contribution in [0.5, 0.6) is 0 Å². The van der Waals surface area contributed by atoms with Crippen molar-refractivity contribution in [2.75, 3.05) is 0 Å². The lowest BCUT2D eigenvalue weighted by Gasteiger charge is -2.02. The van der Waals surface area contributed by atoms with Crippen LogP contribution >= 0.6 is 0 Å². The molecule has 2 N–H and O–H groups in total. The molecule has 0 atom stereocenters. The second-order valence-corrected chi connectivity index (χ2v) is 6.45. The van der Waals surface area contributed by atoms with Gasteiger partial charge in [-0.3, -0.25) is 9.59 Å². The van der Waals surface area contributed by atoms with Crippen LogP contribution in [0.2, 0.25) is 0 Å². The summed E-state index contributed by atoms with van der Waals surface area (Å²) < 4.78 is 31.2. The Kier molecular flexibility index (Phi) is 6.66. The topological polar surface area (TPSA) is 96.1 Å². The molecule has 3 aromatic rings. The average Bonchev–Trinajstić information content (AvgIpc) is 3.27. The van der Waals surface area contributed by atoms with E-state index in [9.17, 15) is 18.4 Å². The van der Waals surface area contributed by atoms with Crippen LogP contribution < -0.4 is 10.9 Å². The standard InChI is InChI=1S/C22H18F2N4O3/c1-13(15-3-7-17(23)8-4-15)25-27-21(29)19-11-12-20(31-19)22(30)28-26-14(2)16-5-9-18(24)10-6-16/h3-12H,1-2H3,(H,27,29)(H,28,30). The fourth-order valence-electron chi connectivity index (χ4n) is 2.47. The maximum Gasteiger partial charge on any atom is 0.307 e. The predicted octanol–water partition coefficient (Wildman–Crippen LogP) is 3.87. The Balaban J connectivity index is 1.60. The largest absolute Gasteiger partial charge is 0.446 e. The van der Waals surface area contributed by atoms with Gasteiger partial charge in [-0.1, -0.05) is 24.3 Å². The van der Waals surface area contributed by atoms with Gasteiger partial charge in [0.15, 0.2) is 11.5 Å². The lowest BCUT2D eigenvalue weighted by atomic mass is 10.1. The molecule has 0 spiro atoms. The number of hydrogen-bond acceptors (Lipinski definition) is 5. The third-order valence-electron chi connectivity index (χ3n) is 4.23. The number of furan rings is 1. The summed E-state index contributed by atoms with van der Waals surface area (Å²) in [5.74, 6) is -2.32. The smallest absolute Gasteiger partial charge is 0.307 e. The molecule has 0 aliphatic rings. The lowest BCUT2D eigenvalue weighted by Crippen LogP contribution is -2.20. The SMILES string of the molecule is CC(=NNC(=O)c1ccc(C(=O)NN=C(C)c2ccc(F)cc2)o1)c1ccc(F)cc1. The number of nitrogens with zero attached hydrogens (tertiary/aromatic N) is 2. The van der Waals surface area contributed by atoms with Gasteiger partial charge in [0.1, 0.15) is 11.6 Å². The van der Waals surface area contributed by atoms with Gasteiger partial charge in [-0.2, -0.15) is 10.2 Å². The molecule has 2 amide bonds. The summed E-state index contributed by atoms with van der Waals surface area (Å²) in [5.41, 5.74) is 6.82. The van der Waals surface area contributed by atoms with E-state index in [4.69, 9.17) is 4.42 Å². The second-order valence-electron chi connectivity index (χ2n) is 6.45. The minimum Gasteiger partial charge on any atom is -0.446 e.